The molecule has 0 aliphatic carbocycles. The number of benzene rings is 2. The molecule has 0 fully saturated rings. The predicted molar refractivity (Wildman–Crippen MR) is 83.1 cm³/mol. The number of nitrogens with zero attached hydrogens (tertiary/aromatic N) is 1. The highest BCUT2D eigenvalue weighted by Gasteiger charge is 2.48. The van der Waals surface area contributed by atoms with Gasteiger partial charge in [0.2, 0.25) is 0 Å². The van der Waals surface area contributed by atoms with E-state index < -0.39 is 0 Å². The Bertz CT molecular complexity index is 764. The molecule has 0 saturated carbocycles. The van der Waals surface area contributed by atoms with Crippen LogP contribution in [0.15, 0.2) is 54.6 Å². The van der Waals surface area contributed by atoms with Crippen molar-refractivity contribution in [2.75, 3.05) is 6.54 Å². The first-order valence-electron chi connectivity index (χ1n) is 7.25. The summed E-state index contributed by atoms with van der Waals surface area (Å²) in [7, 11) is 0. The number of aliphatic hydroxyl groups is 1. The second-order valence-electron chi connectivity index (χ2n) is 5.65. The van der Waals surface area contributed by atoms with Gasteiger partial charge in [-0.3, -0.25) is 0 Å². The Morgan fingerprint density at radius 3 is 2.62 bits per heavy atom. The third-order valence-electron chi connectivity index (χ3n) is 4.55. The van der Waals surface area contributed by atoms with Gasteiger partial charge < -0.3 is 5.11 Å². The fraction of sp³-hybridized carbons (Fsp3) is 0.167. The zero-order chi connectivity index (χ0) is 14.4. The molecule has 3 heteroatoms. The smallest absolute Gasteiger partial charge is 0.352 e. The maximum Gasteiger partial charge on any atom is 0.352 e. The van der Waals surface area contributed by atoms with Gasteiger partial charge in [0.1, 0.15) is 11.4 Å². The van der Waals surface area contributed by atoms with Crippen molar-refractivity contribution in [1.82, 2.24) is 4.48 Å². The lowest BCUT2D eigenvalue weighted by Gasteiger charge is -2.41. The molecule has 4 rings (SSSR count). The first-order valence-corrected chi connectivity index (χ1v) is 7.25. The number of hydrogen-bond donors (Lipinski definition) is 1. The van der Waals surface area contributed by atoms with Crippen molar-refractivity contribution in [3.8, 4) is 0 Å². The number of quaternary nitrogens is 1. The summed E-state index contributed by atoms with van der Waals surface area (Å²) in [6, 6.07) is 15.8. The molecule has 1 atom stereocenters. The number of para-hydroxylation sites is 2. The van der Waals surface area contributed by atoms with Crippen LogP contribution in [0, 0.1) is 0 Å². The predicted octanol–water partition coefficient (Wildman–Crippen LogP) is 3.71. The Kier molecular flexibility index (Phi) is 2.53. The van der Waals surface area contributed by atoms with E-state index in [-0.39, 0.29) is 16.1 Å². The summed E-state index contributed by atoms with van der Waals surface area (Å²) in [6.07, 6.45) is 3.30. The van der Waals surface area contributed by atoms with Gasteiger partial charge in [-0.1, -0.05) is 30.3 Å². The van der Waals surface area contributed by atoms with Crippen molar-refractivity contribution in [1.29, 1.82) is 0 Å². The van der Waals surface area contributed by atoms with E-state index in [0.29, 0.717) is 0 Å². The van der Waals surface area contributed by atoms with Gasteiger partial charge in [-0.25, -0.2) is 4.79 Å². The van der Waals surface area contributed by atoms with E-state index in [0.717, 1.165) is 41.9 Å². The largest absolute Gasteiger partial charge is 0.507 e. The van der Waals surface area contributed by atoms with Crippen LogP contribution in [0.1, 0.15) is 17.5 Å². The SMILES string of the molecule is O=C1C=C(O)c2cccc3c2[N+]1(c1ccccc1)CCC3. The van der Waals surface area contributed by atoms with Gasteiger partial charge in [-0.05, 0) is 12.5 Å². The van der Waals surface area contributed by atoms with E-state index >= 15 is 0 Å². The second kappa shape index (κ2) is 4.30. The van der Waals surface area contributed by atoms with E-state index in [2.05, 4.69) is 6.07 Å². The molecule has 0 bridgehead atoms. The molecule has 21 heavy (non-hydrogen) atoms. The Balaban J connectivity index is 2.10. The van der Waals surface area contributed by atoms with Crippen LogP contribution < -0.4 is 4.48 Å². The summed E-state index contributed by atoms with van der Waals surface area (Å²) < 4.78 is 0.205. The van der Waals surface area contributed by atoms with Crippen LogP contribution in [0.2, 0.25) is 0 Å². The standard InChI is InChI=1S/C18H15NO2/c20-16-12-17(21)19(14-8-2-1-3-9-14)11-5-7-13-6-4-10-15(16)18(13)19/h1-4,6,8-10,12H,5,7,11H2/p+1. The summed E-state index contributed by atoms with van der Waals surface area (Å²) in [5, 5.41) is 10.2. The summed E-state index contributed by atoms with van der Waals surface area (Å²) >= 11 is 0. The average Bonchev–Trinajstić information content (AvgIpc) is 2.53. The van der Waals surface area contributed by atoms with E-state index in [4.69, 9.17) is 0 Å². The minimum absolute atomic E-state index is 0.0571. The number of carbonyl (C=O) groups excluding carboxylic acids is 1. The Labute approximate surface area is 123 Å². The molecule has 0 radical (unpaired) electrons. The van der Waals surface area contributed by atoms with Crippen LogP contribution in [-0.2, 0) is 11.2 Å². The van der Waals surface area contributed by atoms with Crippen molar-refractivity contribution in [2.45, 2.75) is 12.8 Å². The molecule has 1 N–H and O–H groups in total. The number of hydrogen-bond acceptors (Lipinski definition) is 2. The monoisotopic (exact) mass is 278 g/mol. The van der Waals surface area contributed by atoms with Gasteiger partial charge in [0.25, 0.3) is 0 Å². The van der Waals surface area contributed by atoms with Gasteiger partial charge in [-0.15, -0.1) is 0 Å². The fourth-order valence-corrected chi connectivity index (χ4v) is 3.66. The zero-order valence-electron chi connectivity index (χ0n) is 11.6. The molecular formula is C18H16NO2+. The molecule has 2 aliphatic heterocycles. The average molecular weight is 278 g/mol. The summed E-state index contributed by atoms with van der Waals surface area (Å²) in [5.74, 6) is 0.0294. The van der Waals surface area contributed by atoms with Crippen LogP contribution in [0.5, 0.6) is 0 Å². The number of carbonyl (C=O) groups is 1. The minimum Gasteiger partial charge on any atom is -0.507 e. The molecule has 0 saturated heterocycles. The van der Waals surface area contributed by atoms with E-state index in [9.17, 15) is 9.90 Å². The molecule has 1 amide bonds. The highest BCUT2D eigenvalue weighted by molar-refractivity contribution is 6.11. The normalized spacial score (nSPS) is 23.4. The number of aryl methyl sites for hydroxylation is 1. The molecule has 3 nitrogen and oxygen atoms in total. The molecule has 2 heterocycles. The Hall–Kier alpha value is -2.39. The van der Waals surface area contributed by atoms with Crippen molar-refractivity contribution >= 4 is 23.0 Å². The molecule has 2 aromatic carbocycles. The minimum atomic E-state index is -0.0571. The Morgan fingerprint density at radius 2 is 1.81 bits per heavy atom. The van der Waals surface area contributed by atoms with Gasteiger partial charge >= 0.3 is 5.91 Å². The van der Waals surface area contributed by atoms with E-state index in [1.165, 1.54) is 6.08 Å². The zero-order valence-corrected chi connectivity index (χ0v) is 11.6. The van der Waals surface area contributed by atoms with Crippen LogP contribution in [0.25, 0.3) is 5.76 Å². The van der Waals surface area contributed by atoms with Crippen LogP contribution in [0.4, 0.5) is 11.4 Å². The lowest BCUT2D eigenvalue weighted by Crippen LogP contribution is -2.53. The molecule has 104 valence electrons. The molecule has 2 aliphatic rings. The van der Waals surface area contributed by atoms with Crippen molar-refractivity contribution in [3.63, 3.8) is 0 Å². The van der Waals surface area contributed by atoms with Crippen LogP contribution >= 0.6 is 0 Å². The van der Waals surface area contributed by atoms with Gasteiger partial charge in [0.05, 0.1) is 18.2 Å². The topological polar surface area (TPSA) is 37.3 Å². The summed E-state index contributed by atoms with van der Waals surface area (Å²) in [5.41, 5.74) is 3.88. The van der Waals surface area contributed by atoms with Crippen molar-refractivity contribution in [3.05, 3.63) is 65.7 Å². The van der Waals surface area contributed by atoms with E-state index in [1.54, 1.807) is 0 Å². The molecular weight excluding hydrogens is 262 g/mol. The summed E-state index contributed by atoms with van der Waals surface area (Å²) in [4.78, 5) is 12.8. The van der Waals surface area contributed by atoms with Crippen LogP contribution in [-0.4, -0.2) is 17.6 Å². The highest BCUT2D eigenvalue weighted by Crippen LogP contribution is 2.47. The first kappa shape index (κ1) is 12.4. The van der Waals surface area contributed by atoms with Gasteiger partial charge in [0, 0.05) is 24.1 Å². The van der Waals surface area contributed by atoms with Gasteiger partial charge in [-0.2, -0.15) is 4.48 Å². The quantitative estimate of drug-likeness (QED) is 0.807. The molecule has 0 aromatic heterocycles. The molecule has 2 aromatic rings. The maximum atomic E-state index is 12.8. The van der Waals surface area contributed by atoms with Crippen molar-refractivity contribution < 1.29 is 9.90 Å². The third-order valence-corrected chi connectivity index (χ3v) is 4.55. The van der Waals surface area contributed by atoms with Crippen LogP contribution in [0.3, 0.4) is 0 Å². The Morgan fingerprint density at radius 1 is 1.00 bits per heavy atom. The first-order chi connectivity index (χ1) is 10.2. The van der Waals surface area contributed by atoms with E-state index in [1.807, 2.05) is 42.5 Å². The lowest BCUT2D eigenvalue weighted by atomic mass is 9.90. The number of aliphatic hydroxyl groups excluding tert-OH is 1. The lowest BCUT2D eigenvalue weighted by molar-refractivity contribution is -0.123. The third kappa shape index (κ3) is 1.55. The van der Waals surface area contributed by atoms with Gasteiger partial charge in [0.15, 0.2) is 5.69 Å². The number of rotatable bonds is 1. The van der Waals surface area contributed by atoms with Crippen molar-refractivity contribution in [2.24, 2.45) is 0 Å². The molecule has 1 unspecified atom stereocenters. The number of amides is 1. The molecule has 0 spiro atoms. The second-order valence-corrected chi connectivity index (χ2v) is 5.65. The maximum absolute atomic E-state index is 12.8. The highest BCUT2D eigenvalue weighted by atomic mass is 16.3. The summed E-state index contributed by atoms with van der Waals surface area (Å²) in [6.45, 7) is 0.747. The fourth-order valence-electron chi connectivity index (χ4n) is 3.66.